The standard InChI is InChI=1S/FH2O3P.K.Pb/c1-5(2,3)4;;/h(H2,2,3,4);;/q;+1;+2/p-2. The third kappa shape index (κ3) is 54.7. The van der Waals surface area contributed by atoms with E-state index in [1.165, 1.54) is 0 Å². The van der Waals surface area contributed by atoms with Crippen molar-refractivity contribution in [3.8, 4) is 0 Å². The van der Waals surface area contributed by atoms with E-state index in [2.05, 4.69) is 0 Å². The summed E-state index contributed by atoms with van der Waals surface area (Å²) < 4.78 is 18.6. The summed E-state index contributed by atoms with van der Waals surface area (Å²) in [6, 6.07) is 0. The van der Waals surface area contributed by atoms with Gasteiger partial charge in [0.05, 0.1) is 0 Å². The molecule has 0 unspecified atom stereocenters. The topological polar surface area (TPSA) is 63.2 Å². The number of hydrogen-bond donors (Lipinski definition) is 0. The van der Waals surface area contributed by atoms with Crippen LogP contribution in [0, 0.1) is 0 Å². The molecule has 0 saturated heterocycles. The molecule has 0 aliphatic carbocycles. The zero-order chi connectivity index (χ0) is 4.50. The van der Waals surface area contributed by atoms with Crippen molar-refractivity contribution in [2.75, 3.05) is 0 Å². The quantitative estimate of drug-likeness (QED) is 0.328. The Hall–Kier alpha value is 2.64. The van der Waals surface area contributed by atoms with Crippen molar-refractivity contribution in [3.63, 3.8) is 0 Å². The molecule has 0 saturated carbocycles. The fraction of sp³-hybridized carbons (Fsp3) is 0. The van der Waals surface area contributed by atoms with Crippen molar-refractivity contribution < 1.29 is 69.9 Å². The van der Waals surface area contributed by atoms with Crippen LogP contribution in [0.15, 0.2) is 0 Å². The van der Waals surface area contributed by atoms with Crippen molar-refractivity contribution in [3.05, 3.63) is 0 Å². The largest absolute Gasteiger partial charge is 2.00 e. The van der Waals surface area contributed by atoms with E-state index in [-0.39, 0.29) is 78.7 Å². The Bertz CT molecular complexity index is 61.1. The van der Waals surface area contributed by atoms with Gasteiger partial charge in [-0.2, -0.15) is 0 Å². The number of hydrogen-bond acceptors (Lipinski definition) is 3. The fourth-order valence-electron chi connectivity index (χ4n) is 0. The first-order valence-corrected chi connectivity index (χ1v) is 2.15. The summed E-state index contributed by atoms with van der Waals surface area (Å²) in [4.78, 5) is 16.9. The number of rotatable bonds is 0. The fourth-order valence-corrected chi connectivity index (χ4v) is 0. The van der Waals surface area contributed by atoms with Crippen LogP contribution in [0.1, 0.15) is 0 Å². The molecule has 0 N–H and O–H groups in total. The summed E-state index contributed by atoms with van der Waals surface area (Å²) in [5, 5.41) is 0. The van der Waals surface area contributed by atoms with Crippen LogP contribution in [0.3, 0.4) is 0 Å². The smallest absolute Gasteiger partial charge is 0.786 e. The second-order valence-corrected chi connectivity index (χ2v) is 1.29. The minimum Gasteiger partial charge on any atom is -0.786 e. The Morgan fingerprint density at radius 1 is 1.43 bits per heavy atom. The van der Waals surface area contributed by atoms with E-state index >= 15 is 0 Å². The first kappa shape index (κ1) is 16.3. The van der Waals surface area contributed by atoms with Crippen LogP contribution >= 0.6 is 7.91 Å². The van der Waals surface area contributed by atoms with Crippen LogP contribution in [0.5, 0.6) is 0 Å². The van der Waals surface area contributed by atoms with Gasteiger partial charge in [-0.3, -0.25) is 0 Å². The third-order valence-electron chi connectivity index (χ3n) is 0. The molecule has 0 heterocycles. The molecule has 0 amide bonds. The molecule has 0 rings (SSSR count). The van der Waals surface area contributed by atoms with Crippen LogP contribution in [0.25, 0.3) is 0 Å². The molecule has 2 radical (unpaired) electrons. The van der Waals surface area contributed by atoms with Gasteiger partial charge in [0, 0.05) is 0 Å². The Morgan fingerprint density at radius 3 is 1.43 bits per heavy atom. The Balaban J connectivity index is -0.0000000800. The summed E-state index contributed by atoms with van der Waals surface area (Å²) in [5.41, 5.74) is 0. The van der Waals surface area contributed by atoms with Gasteiger partial charge in [0.1, 0.15) is 7.91 Å². The van der Waals surface area contributed by atoms with Crippen LogP contribution in [-0.2, 0) is 4.57 Å². The van der Waals surface area contributed by atoms with Gasteiger partial charge >= 0.3 is 78.7 Å². The van der Waals surface area contributed by atoms with E-state index in [1.807, 2.05) is 0 Å². The molecule has 0 fully saturated rings. The molecule has 34 valence electrons. The molecule has 0 aliphatic rings. The SMILES string of the molecule is O=P([O-])([O-])F.[K+].[Pb+2]. The summed E-state index contributed by atoms with van der Waals surface area (Å²) >= 11 is 0. The monoisotopic (exact) mass is 345 g/mol. The van der Waals surface area contributed by atoms with E-state index in [9.17, 15) is 4.20 Å². The van der Waals surface area contributed by atoms with Gasteiger partial charge in [-0.25, -0.2) is 4.20 Å². The average molecular weight is 344 g/mol. The van der Waals surface area contributed by atoms with Crippen LogP contribution in [0.2, 0.25) is 0 Å². The second kappa shape index (κ2) is 6.75. The Kier molecular flexibility index (Phi) is 15.7. The zero-order valence-electron chi connectivity index (χ0n) is 3.55. The molecule has 0 spiro atoms. The Labute approximate surface area is 103 Å². The van der Waals surface area contributed by atoms with Gasteiger partial charge in [-0.1, -0.05) is 0 Å². The van der Waals surface area contributed by atoms with Crippen molar-refractivity contribution in [1.82, 2.24) is 0 Å². The van der Waals surface area contributed by atoms with E-state index in [0.717, 1.165) is 0 Å². The minimum atomic E-state index is -5.64. The molecular weight excluding hydrogens is 344 g/mol. The predicted molar refractivity (Wildman–Crippen MR) is 14.5 cm³/mol. The number of halogens is 1. The van der Waals surface area contributed by atoms with Gasteiger partial charge < -0.3 is 14.4 Å². The Morgan fingerprint density at radius 2 is 1.43 bits per heavy atom. The van der Waals surface area contributed by atoms with Gasteiger partial charge in [-0.15, -0.1) is 0 Å². The molecule has 0 aromatic heterocycles. The molecule has 7 heteroatoms. The summed E-state index contributed by atoms with van der Waals surface area (Å²) in [6.45, 7) is 0. The van der Waals surface area contributed by atoms with Crippen LogP contribution < -0.4 is 61.2 Å². The van der Waals surface area contributed by atoms with Crippen LogP contribution in [-0.4, -0.2) is 27.3 Å². The molecule has 0 aromatic carbocycles. The first-order valence-electron chi connectivity index (χ1n) is 0.717. The maximum atomic E-state index is 10.1. The molecular formula is FKO3PPb+. The molecule has 0 bridgehead atoms. The molecule has 0 aromatic rings. The maximum absolute atomic E-state index is 10.1. The van der Waals surface area contributed by atoms with E-state index in [0.29, 0.717) is 0 Å². The van der Waals surface area contributed by atoms with E-state index in [4.69, 9.17) is 14.4 Å². The minimum absolute atomic E-state index is 0. The van der Waals surface area contributed by atoms with Gasteiger partial charge in [0.2, 0.25) is 0 Å². The second-order valence-electron chi connectivity index (χ2n) is 0.431. The van der Waals surface area contributed by atoms with Crippen molar-refractivity contribution >= 4 is 35.2 Å². The molecule has 0 atom stereocenters. The zero-order valence-corrected chi connectivity index (χ0v) is 11.5. The summed E-state index contributed by atoms with van der Waals surface area (Å²) in [6.07, 6.45) is 0. The van der Waals surface area contributed by atoms with Gasteiger partial charge in [0.25, 0.3) is 0 Å². The predicted octanol–water partition coefficient (Wildman–Crippen LogP) is -4.59. The maximum Gasteiger partial charge on any atom is 2.00 e. The van der Waals surface area contributed by atoms with Crippen molar-refractivity contribution in [2.24, 2.45) is 0 Å². The van der Waals surface area contributed by atoms with Crippen molar-refractivity contribution in [2.45, 2.75) is 0 Å². The van der Waals surface area contributed by atoms with Gasteiger partial charge in [0.15, 0.2) is 0 Å². The third-order valence-corrected chi connectivity index (χ3v) is 0. The van der Waals surface area contributed by atoms with Crippen molar-refractivity contribution in [1.29, 1.82) is 0 Å². The van der Waals surface area contributed by atoms with E-state index in [1.54, 1.807) is 0 Å². The first-order chi connectivity index (χ1) is 2.00. The van der Waals surface area contributed by atoms with Crippen LogP contribution in [0.4, 0.5) is 4.20 Å². The summed E-state index contributed by atoms with van der Waals surface area (Å²) in [5.74, 6) is 0. The molecule has 7 heavy (non-hydrogen) atoms. The summed E-state index contributed by atoms with van der Waals surface area (Å²) in [7, 11) is -5.64. The molecule has 0 aliphatic heterocycles. The average Bonchev–Trinajstić information content (AvgIpc) is 0.722. The normalized spacial score (nSPS) is 8.43. The van der Waals surface area contributed by atoms with Gasteiger partial charge in [-0.05, 0) is 0 Å². The molecule has 3 nitrogen and oxygen atoms in total. The van der Waals surface area contributed by atoms with E-state index < -0.39 is 7.91 Å².